The van der Waals surface area contributed by atoms with E-state index in [0.29, 0.717) is 12.2 Å². The Morgan fingerprint density at radius 3 is 2.72 bits per heavy atom. The number of amides is 1. The molecule has 0 unspecified atom stereocenters. The monoisotopic (exact) mass is 405 g/mol. The fraction of sp³-hybridized carbons (Fsp3) is 0.333. The Morgan fingerprint density at radius 1 is 1.20 bits per heavy atom. The Morgan fingerprint density at radius 2 is 1.96 bits per heavy atom. The fourth-order valence-corrected chi connectivity index (χ4v) is 2.76. The molecular weight excluding hydrogens is 386 g/mol. The van der Waals surface area contributed by atoms with Gasteiger partial charge < -0.3 is 9.15 Å². The summed E-state index contributed by atoms with van der Waals surface area (Å²) in [5.74, 6) is 1.24. The maximum absolute atomic E-state index is 11.8. The van der Waals surface area contributed by atoms with Gasteiger partial charge in [-0.3, -0.25) is 9.69 Å². The number of hydrazone groups is 1. The van der Waals surface area contributed by atoms with Crippen molar-refractivity contribution >= 4 is 28.1 Å². The van der Waals surface area contributed by atoms with Crippen LogP contribution in [0.5, 0.6) is 0 Å². The lowest BCUT2D eigenvalue weighted by molar-refractivity contribution is -0.121. The Balaban J connectivity index is 1.45. The van der Waals surface area contributed by atoms with Crippen molar-refractivity contribution in [2.24, 2.45) is 5.10 Å². The molecule has 0 radical (unpaired) electrons. The average molecular weight is 406 g/mol. The van der Waals surface area contributed by atoms with Crippen LogP contribution in [0, 0.1) is 0 Å². The Bertz CT molecular complexity index is 721. The predicted octanol–water partition coefficient (Wildman–Crippen LogP) is 2.88. The molecule has 1 aliphatic heterocycles. The van der Waals surface area contributed by atoms with Crippen LogP contribution in [0.4, 0.5) is 0 Å². The highest BCUT2D eigenvalue weighted by molar-refractivity contribution is 9.10. The van der Waals surface area contributed by atoms with Crippen LogP contribution in [0.25, 0.3) is 11.3 Å². The molecule has 1 fully saturated rings. The third-order valence-corrected chi connectivity index (χ3v) is 4.42. The van der Waals surface area contributed by atoms with Crippen LogP contribution in [0.1, 0.15) is 12.2 Å². The van der Waals surface area contributed by atoms with Gasteiger partial charge in [0.2, 0.25) is 5.91 Å². The molecule has 0 spiro atoms. The van der Waals surface area contributed by atoms with Crippen molar-refractivity contribution in [1.82, 2.24) is 10.3 Å². The van der Waals surface area contributed by atoms with Gasteiger partial charge in [0.1, 0.15) is 11.5 Å². The number of rotatable bonds is 6. The van der Waals surface area contributed by atoms with E-state index < -0.39 is 0 Å². The van der Waals surface area contributed by atoms with Gasteiger partial charge in [-0.25, -0.2) is 5.43 Å². The zero-order valence-corrected chi connectivity index (χ0v) is 15.4. The molecule has 1 saturated heterocycles. The second-order valence-electron chi connectivity index (χ2n) is 5.71. The third kappa shape index (κ3) is 5.52. The third-order valence-electron chi connectivity index (χ3n) is 3.90. The number of nitrogens with zero attached hydrogens (tertiary/aromatic N) is 2. The zero-order valence-electron chi connectivity index (χ0n) is 13.8. The molecular formula is C18H20BrN3O3. The number of halogens is 1. The molecule has 0 atom stereocenters. The minimum absolute atomic E-state index is 0.109. The zero-order chi connectivity index (χ0) is 17.5. The summed E-state index contributed by atoms with van der Waals surface area (Å²) < 4.78 is 12.0. The normalized spacial score (nSPS) is 15.6. The molecule has 1 aromatic carbocycles. The maximum Gasteiger partial charge on any atom is 0.241 e. The van der Waals surface area contributed by atoms with Crippen LogP contribution in [0.15, 0.2) is 50.4 Å². The summed E-state index contributed by atoms with van der Waals surface area (Å²) in [7, 11) is 0. The van der Waals surface area contributed by atoms with Crippen LogP contribution in [0.3, 0.4) is 0 Å². The number of hydrogen-bond acceptors (Lipinski definition) is 5. The number of carbonyl (C=O) groups is 1. The summed E-state index contributed by atoms with van der Waals surface area (Å²) in [6.07, 6.45) is 1.93. The first kappa shape index (κ1) is 17.8. The smallest absolute Gasteiger partial charge is 0.241 e. The molecule has 1 aromatic heterocycles. The summed E-state index contributed by atoms with van der Waals surface area (Å²) in [5, 5.41) is 3.96. The molecule has 6 nitrogen and oxygen atoms in total. The van der Waals surface area contributed by atoms with Crippen molar-refractivity contribution in [2.75, 3.05) is 32.8 Å². The van der Waals surface area contributed by atoms with Gasteiger partial charge in [-0.2, -0.15) is 5.10 Å². The van der Waals surface area contributed by atoms with Crippen molar-refractivity contribution in [3.05, 3.63) is 46.6 Å². The van der Waals surface area contributed by atoms with Crippen molar-refractivity contribution in [3.8, 4) is 11.3 Å². The Labute approximate surface area is 155 Å². The Hall–Kier alpha value is -1.96. The minimum atomic E-state index is -0.109. The van der Waals surface area contributed by atoms with Crippen LogP contribution < -0.4 is 5.43 Å². The molecule has 7 heteroatoms. The molecule has 1 amide bonds. The van der Waals surface area contributed by atoms with E-state index in [0.717, 1.165) is 48.6 Å². The number of carbonyl (C=O) groups excluding carboxylic acids is 1. The van der Waals surface area contributed by atoms with E-state index in [4.69, 9.17) is 9.15 Å². The first-order valence-corrected chi connectivity index (χ1v) is 8.98. The molecule has 0 saturated carbocycles. The molecule has 2 heterocycles. The fourth-order valence-electron chi connectivity index (χ4n) is 2.50. The van der Waals surface area contributed by atoms with Gasteiger partial charge in [0, 0.05) is 36.1 Å². The van der Waals surface area contributed by atoms with Gasteiger partial charge in [0.05, 0.1) is 19.4 Å². The first-order valence-electron chi connectivity index (χ1n) is 8.18. The van der Waals surface area contributed by atoms with Crippen molar-refractivity contribution < 1.29 is 13.9 Å². The van der Waals surface area contributed by atoms with Gasteiger partial charge in [-0.05, 0) is 24.3 Å². The van der Waals surface area contributed by atoms with Gasteiger partial charge in [-0.15, -0.1) is 0 Å². The summed E-state index contributed by atoms with van der Waals surface area (Å²) in [5.41, 5.74) is 3.52. The molecule has 3 rings (SSSR count). The number of nitrogens with one attached hydrogen (secondary N) is 1. The molecule has 1 aliphatic rings. The average Bonchev–Trinajstić information content (AvgIpc) is 3.10. The van der Waals surface area contributed by atoms with Crippen molar-refractivity contribution in [2.45, 2.75) is 6.42 Å². The first-order chi connectivity index (χ1) is 12.2. The molecule has 0 aliphatic carbocycles. The van der Waals surface area contributed by atoms with Crippen molar-refractivity contribution in [1.29, 1.82) is 0 Å². The number of hydrogen-bond donors (Lipinski definition) is 1. The van der Waals surface area contributed by atoms with Crippen LogP contribution >= 0.6 is 15.9 Å². The molecule has 2 aromatic rings. The summed E-state index contributed by atoms with van der Waals surface area (Å²) in [6.45, 7) is 3.95. The lowest BCUT2D eigenvalue weighted by Crippen LogP contribution is -2.38. The highest BCUT2D eigenvalue weighted by atomic mass is 79.9. The van der Waals surface area contributed by atoms with Crippen molar-refractivity contribution in [3.63, 3.8) is 0 Å². The molecule has 25 heavy (non-hydrogen) atoms. The van der Waals surface area contributed by atoms with E-state index in [-0.39, 0.29) is 5.91 Å². The summed E-state index contributed by atoms with van der Waals surface area (Å²) >= 11 is 3.41. The van der Waals surface area contributed by atoms with E-state index in [1.807, 2.05) is 36.4 Å². The highest BCUT2D eigenvalue weighted by Gasteiger charge is 2.11. The van der Waals surface area contributed by atoms with Gasteiger partial charge >= 0.3 is 0 Å². The summed E-state index contributed by atoms with van der Waals surface area (Å²) in [6, 6.07) is 11.6. The van der Waals surface area contributed by atoms with Gasteiger partial charge in [0.15, 0.2) is 0 Å². The SMILES string of the molecule is O=C(CCN1CCOCC1)N/N=C/c1ccc(-c2ccc(Br)cc2)o1. The lowest BCUT2D eigenvalue weighted by Gasteiger charge is -2.25. The predicted molar refractivity (Wildman–Crippen MR) is 99.5 cm³/mol. The van der Waals surface area contributed by atoms with Crippen LogP contribution in [-0.4, -0.2) is 49.9 Å². The van der Waals surface area contributed by atoms with E-state index in [1.165, 1.54) is 6.21 Å². The van der Waals surface area contributed by atoms with E-state index in [1.54, 1.807) is 0 Å². The van der Waals surface area contributed by atoms with E-state index in [2.05, 4.69) is 31.4 Å². The van der Waals surface area contributed by atoms with Crippen LogP contribution in [-0.2, 0) is 9.53 Å². The number of ether oxygens (including phenoxy) is 1. The topological polar surface area (TPSA) is 67.1 Å². The minimum Gasteiger partial charge on any atom is -0.455 e. The second kappa shape index (κ2) is 8.94. The number of furan rings is 1. The number of morpholine rings is 1. The standard InChI is InChI=1S/C18H20BrN3O3/c19-15-3-1-14(2-4-15)17-6-5-16(25-17)13-20-21-18(23)7-8-22-9-11-24-12-10-22/h1-6,13H,7-12H2,(H,21,23)/b20-13+. The van der Waals surface area contributed by atoms with Gasteiger partial charge in [0.25, 0.3) is 0 Å². The second-order valence-corrected chi connectivity index (χ2v) is 6.62. The Kier molecular flexibility index (Phi) is 6.38. The summed E-state index contributed by atoms with van der Waals surface area (Å²) in [4.78, 5) is 14.0. The van der Waals surface area contributed by atoms with Crippen LogP contribution in [0.2, 0.25) is 0 Å². The molecule has 1 N–H and O–H groups in total. The van der Waals surface area contributed by atoms with E-state index in [9.17, 15) is 4.79 Å². The van der Waals surface area contributed by atoms with E-state index >= 15 is 0 Å². The maximum atomic E-state index is 11.8. The van der Waals surface area contributed by atoms with Gasteiger partial charge in [-0.1, -0.05) is 28.1 Å². The lowest BCUT2D eigenvalue weighted by atomic mass is 10.2. The largest absolute Gasteiger partial charge is 0.455 e. The highest BCUT2D eigenvalue weighted by Crippen LogP contribution is 2.23. The number of benzene rings is 1. The molecule has 132 valence electrons. The quantitative estimate of drug-likeness (QED) is 0.592. The molecule has 0 bridgehead atoms.